The van der Waals surface area contributed by atoms with Gasteiger partial charge in [-0.1, -0.05) is 18.2 Å². The van der Waals surface area contributed by atoms with Crippen LogP contribution in [-0.4, -0.2) is 38.4 Å². The van der Waals surface area contributed by atoms with Crippen molar-refractivity contribution < 1.29 is 23.7 Å². The molecule has 0 saturated carbocycles. The number of rotatable bonds is 6. The van der Waals surface area contributed by atoms with E-state index in [0.29, 0.717) is 0 Å². The number of nitrogens with zero attached hydrogens (tertiary/aromatic N) is 1. The number of ether oxygens (including phenoxy) is 4. The molecule has 2 unspecified atom stereocenters. The van der Waals surface area contributed by atoms with E-state index in [1.54, 1.807) is 14.2 Å². The van der Waals surface area contributed by atoms with Crippen LogP contribution in [0.4, 0.5) is 5.69 Å². The number of nitrogens with one attached hydrogen (secondary N) is 1. The van der Waals surface area contributed by atoms with E-state index in [4.69, 9.17) is 18.9 Å². The Morgan fingerprint density at radius 1 is 1.03 bits per heavy atom. The van der Waals surface area contributed by atoms with Crippen molar-refractivity contribution in [1.29, 1.82) is 0 Å². The molecule has 3 aromatic carbocycles. The highest BCUT2D eigenvalue weighted by Gasteiger charge is 2.41. The van der Waals surface area contributed by atoms with Crippen LogP contribution in [0.1, 0.15) is 53.1 Å². The number of anilines is 1. The molecule has 3 heterocycles. The van der Waals surface area contributed by atoms with Crippen molar-refractivity contribution in [3.8, 4) is 23.0 Å². The third-order valence-electron chi connectivity index (χ3n) is 7.86. The van der Waals surface area contributed by atoms with Gasteiger partial charge in [0.05, 0.1) is 14.2 Å². The number of aryl methyl sites for hydroxylation is 1. The summed E-state index contributed by atoms with van der Waals surface area (Å²) in [5.74, 6) is 3.50. The van der Waals surface area contributed by atoms with Crippen molar-refractivity contribution in [3.05, 3.63) is 76.3 Å². The van der Waals surface area contributed by atoms with Gasteiger partial charge in [-0.3, -0.25) is 9.69 Å². The average molecular weight is 501 g/mol. The number of carbonyl (C=O) groups is 1. The summed E-state index contributed by atoms with van der Waals surface area (Å²) in [5.41, 5.74) is 7.28. The van der Waals surface area contributed by atoms with Crippen LogP contribution < -0.4 is 24.3 Å². The molecule has 192 valence electrons. The SMILES string of the molecule is COc1ccc2c(c1OC)CN1CCc3cc4c(cc3C1C2CCc1ccc(NC(C)=O)cc1)OCO4. The maximum atomic E-state index is 11.4. The first-order chi connectivity index (χ1) is 18.1. The normalized spacial score (nSPS) is 19.4. The van der Waals surface area contributed by atoms with E-state index >= 15 is 0 Å². The van der Waals surface area contributed by atoms with Gasteiger partial charge < -0.3 is 24.3 Å². The van der Waals surface area contributed by atoms with Gasteiger partial charge >= 0.3 is 0 Å². The fraction of sp³-hybridized carbons (Fsp3) is 0.367. The summed E-state index contributed by atoms with van der Waals surface area (Å²) in [7, 11) is 3.42. The molecule has 3 aliphatic heterocycles. The second-order valence-electron chi connectivity index (χ2n) is 9.96. The Balaban J connectivity index is 1.38. The molecule has 0 spiro atoms. The molecule has 0 fully saturated rings. The standard InChI is InChI=1S/C30H32N2O5/c1-18(33)31-21-7-4-19(5-8-21)6-9-23-22-10-11-26(34-2)30(35-3)25(22)16-32-13-12-20-14-27-28(37-17-36-27)15-24(20)29(23)32/h4-5,7-8,10-11,14-15,23,29H,6,9,12-13,16-17H2,1-3H3,(H,31,33). The predicted octanol–water partition coefficient (Wildman–Crippen LogP) is 5.22. The molecule has 1 amide bonds. The van der Waals surface area contributed by atoms with Crippen molar-refractivity contribution in [2.75, 3.05) is 32.9 Å². The fourth-order valence-corrected chi connectivity index (χ4v) is 6.22. The Morgan fingerprint density at radius 3 is 2.54 bits per heavy atom. The van der Waals surface area contributed by atoms with Crippen LogP contribution in [-0.2, 0) is 24.2 Å². The van der Waals surface area contributed by atoms with Crippen molar-refractivity contribution in [1.82, 2.24) is 4.90 Å². The molecule has 0 radical (unpaired) electrons. The van der Waals surface area contributed by atoms with Crippen molar-refractivity contribution in [2.24, 2.45) is 0 Å². The molecule has 3 aromatic rings. The predicted molar refractivity (Wildman–Crippen MR) is 141 cm³/mol. The fourth-order valence-electron chi connectivity index (χ4n) is 6.22. The maximum absolute atomic E-state index is 11.4. The van der Waals surface area contributed by atoms with E-state index in [2.05, 4.69) is 40.5 Å². The second-order valence-corrected chi connectivity index (χ2v) is 9.96. The van der Waals surface area contributed by atoms with Crippen molar-refractivity contribution >= 4 is 11.6 Å². The lowest BCUT2D eigenvalue weighted by atomic mass is 9.74. The van der Waals surface area contributed by atoms with Gasteiger partial charge in [-0.05, 0) is 71.8 Å². The van der Waals surface area contributed by atoms with Crippen molar-refractivity contribution in [2.45, 2.75) is 44.7 Å². The van der Waals surface area contributed by atoms with Gasteiger partial charge in [-0.25, -0.2) is 0 Å². The van der Waals surface area contributed by atoms with Crippen LogP contribution in [0.2, 0.25) is 0 Å². The minimum Gasteiger partial charge on any atom is -0.493 e. The van der Waals surface area contributed by atoms with E-state index in [1.807, 2.05) is 18.2 Å². The zero-order chi connectivity index (χ0) is 25.5. The molecule has 2 atom stereocenters. The van der Waals surface area contributed by atoms with Gasteiger partial charge in [-0.15, -0.1) is 0 Å². The van der Waals surface area contributed by atoms with Crippen LogP contribution >= 0.6 is 0 Å². The number of hydrogen-bond donors (Lipinski definition) is 1. The lowest BCUT2D eigenvalue weighted by Crippen LogP contribution is -2.42. The van der Waals surface area contributed by atoms with E-state index in [-0.39, 0.29) is 24.7 Å². The molecule has 3 aliphatic rings. The molecular weight excluding hydrogens is 468 g/mol. The molecule has 0 saturated heterocycles. The van der Waals surface area contributed by atoms with Gasteiger partial charge in [0, 0.05) is 43.2 Å². The van der Waals surface area contributed by atoms with Gasteiger partial charge in [0.25, 0.3) is 0 Å². The molecule has 6 rings (SSSR count). The highest BCUT2D eigenvalue weighted by molar-refractivity contribution is 5.88. The van der Waals surface area contributed by atoms with Gasteiger partial charge in [0.1, 0.15) is 0 Å². The van der Waals surface area contributed by atoms with E-state index in [9.17, 15) is 4.79 Å². The number of fused-ring (bicyclic) bond motifs is 5. The van der Waals surface area contributed by atoms with E-state index < -0.39 is 0 Å². The lowest BCUT2D eigenvalue weighted by Gasteiger charge is -2.46. The minimum absolute atomic E-state index is 0.0622. The summed E-state index contributed by atoms with van der Waals surface area (Å²) in [5, 5.41) is 2.85. The first kappa shape index (κ1) is 23.7. The zero-order valence-electron chi connectivity index (χ0n) is 21.5. The van der Waals surface area contributed by atoms with Gasteiger partial charge in [0.15, 0.2) is 23.0 Å². The Bertz CT molecular complexity index is 1340. The van der Waals surface area contributed by atoms with Crippen LogP contribution in [0.25, 0.3) is 0 Å². The smallest absolute Gasteiger partial charge is 0.231 e. The summed E-state index contributed by atoms with van der Waals surface area (Å²) in [6.07, 6.45) is 2.86. The summed E-state index contributed by atoms with van der Waals surface area (Å²) in [6, 6.07) is 17.0. The van der Waals surface area contributed by atoms with Crippen LogP contribution in [0.5, 0.6) is 23.0 Å². The van der Waals surface area contributed by atoms with Crippen molar-refractivity contribution in [3.63, 3.8) is 0 Å². The largest absolute Gasteiger partial charge is 0.493 e. The molecule has 1 N–H and O–H groups in total. The number of methoxy groups -OCH3 is 2. The van der Waals surface area contributed by atoms with Crippen LogP contribution in [0.15, 0.2) is 48.5 Å². The van der Waals surface area contributed by atoms with Crippen LogP contribution in [0.3, 0.4) is 0 Å². The zero-order valence-corrected chi connectivity index (χ0v) is 21.5. The first-order valence-corrected chi connectivity index (χ1v) is 12.8. The molecular formula is C30H32N2O5. The number of benzene rings is 3. The summed E-state index contributed by atoms with van der Waals surface area (Å²) >= 11 is 0. The summed E-state index contributed by atoms with van der Waals surface area (Å²) in [4.78, 5) is 14.0. The highest BCUT2D eigenvalue weighted by atomic mass is 16.7. The third kappa shape index (κ3) is 4.27. The summed E-state index contributed by atoms with van der Waals surface area (Å²) in [6.45, 7) is 3.59. The quantitative estimate of drug-likeness (QED) is 0.501. The highest BCUT2D eigenvalue weighted by Crippen LogP contribution is 2.53. The Morgan fingerprint density at radius 2 is 1.81 bits per heavy atom. The second kappa shape index (κ2) is 9.63. The number of hydrogen-bond acceptors (Lipinski definition) is 6. The Labute approximate surface area is 217 Å². The van der Waals surface area contributed by atoms with Gasteiger partial charge in [-0.2, -0.15) is 0 Å². The van der Waals surface area contributed by atoms with E-state index in [0.717, 1.165) is 61.0 Å². The Kier molecular flexibility index (Phi) is 6.16. The number of carbonyl (C=O) groups excluding carboxylic acids is 1. The third-order valence-corrected chi connectivity index (χ3v) is 7.86. The Hall–Kier alpha value is -3.71. The first-order valence-electron chi connectivity index (χ1n) is 12.8. The molecule has 37 heavy (non-hydrogen) atoms. The molecule has 7 heteroatoms. The van der Waals surface area contributed by atoms with E-state index in [1.165, 1.54) is 34.7 Å². The summed E-state index contributed by atoms with van der Waals surface area (Å²) < 4.78 is 23.0. The average Bonchev–Trinajstić information content (AvgIpc) is 3.37. The lowest BCUT2D eigenvalue weighted by molar-refractivity contribution is -0.114. The monoisotopic (exact) mass is 500 g/mol. The molecule has 0 aromatic heterocycles. The molecule has 0 bridgehead atoms. The number of amides is 1. The topological polar surface area (TPSA) is 69.3 Å². The minimum atomic E-state index is -0.0622. The van der Waals surface area contributed by atoms with Crippen LogP contribution in [0, 0.1) is 0 Å². The maximum Gasteiger partial charge on any atom is 0.231 e. The molecule has 0 aliphatic carbocycles. The molecule has 7 nitrogen and oxygen atoms in total. The van der Waals surface area contributed by atoms with Gasteiger partial charge in [0.2, 0.25) is 12.7 Å².